The van der Waals surface area contributed by atoms with E-state index in [2.05, 4.69) is 47.8 Å². The van der Waals surface area contributed by atoms with Crippen LogP contribution in [0.3, 0.4) is 0 Å². The molecule has 1 N–H and O–H groups in total. The van der Waals surface area contributed by atoms with Crippen molar-refractivity contribution in [1.29, 1.82) is 0 Å². The molecule has 0 bridgehead atoms. The van der Waals surface area contributed by atoms with E-state index in [1.54, 1.807) is 0 Å². The second kappa shape index (κ2) is 2.76. The van der Waals surface area contributed by atoms with Crippen LogP contribution < -0.4 is 5.32 Å². The van der Waals surface area contributed by atoms with E-state index >= 15 is 0 Å². The van der Waals surface area contributed by atoms with Crippen LogP contribution in [-0.4, -0.2) is 12.6 Å². The molecule has 1 heteroatoms. The third kappa shape index (κ3) is 0.978. The molecule has 1 atom stereocenters. The standard InChI is InChI=1S/C11H13N/c1-12-11-8-4-2-6-10(11)7-3-5-9-11/h2-8,12H,9H2,1H3. The number of fused-ring (bicyclic) bond motifs is 1. The summed E-state index contributed by atoms with van der Waals surface area (Å²) in [5.74, 6) is 0. The Balaban J connectivity index is 2.43. The summed E-state index contributed by atoms with van der Waals surface area (Å²) in [7, 11) is 2.01. The largest absolute Gasteiger partial charge is 0.307 e. The molecule has 1 nitrogen and oxygen atoms in total. The van der Waals surface area contributed by atoms with Crippen molar-refractivity contribution < 1.29 is 0 Å². The number of rotatable bonds is 1. The van der Waals surface area contributed by atoms with Gasteiger partial charge in [-0.15, -0.1) is 0 Å². The monoisotopic (exact) mass is 159 g/mol. The summed E-state index contributed by atoms with van der Waals surface area (Å²) < 4.78 is 0. The highest BCUT2D eigenvalue weighted by Gasteiger charge is 2.29. The van der Waals surface area contributed by atoms with Crippen LogP contribution >= 0.6 is 0 Å². The van der Waals surface area contributed by atoms with Gasteiger partial charge in [-0.05, 0) is 19.0 Å². The zero-order valence-electron chi connectivity index (χ0n) is 7.25. The Morgan fingerprint density at radius 1 is 1.33 bits per heavy atom. The zero-order valence-corrected chi connectivity index (χ0v) is 7.25. The maximum atomic E-state index is 3.36. The molecule has 62 valence electrons. The number of hydrogen-bond acceptors (Lipinski definition) is 1. The summed E-state index contributed by atoms with van der Waals surface area (Å²) in [4.78, 5) is 0. The molecule has 2 aliphatic carbocycles. The van der Waals surface area contributed by atoms with Gasteiger partial charge >= 0.3 is 0 Å². The fourth-order valence-electron chi connectivity index (χ4n) is 1.77. The number of hydrogen-bond donors (Lipinski definition) is 1. The maximum Gasteiger partial charge on any atom is 0.0656 e. The van der Waals surface area contributed by atoms with Crippen molar-refractivity contribution in [2.45, 2.75) is 12.0 Å². The molecule has 0 saturated carbocycles. The molecule has 0 aliphatic heterocycles. The van der Waals surface area contributed by atoms with Crippen LogP contribution in [0.2, 0.25) is 0 Å². The van der Waals surface area contributed by atoms with Crippen LogP contribution in [0, 0.1) is 0 Å². The molecule has 0 saturated heterocycles. The van der Waals surface area contributed by atoms with Gasteiger partial charge in [0.15, 0.2) is 0 Å². The highest BCUT2D eigenvalue weighted by atomic mass is 14.9. The first-order chi connectivity index (χ1) is 5.87. The van der Waals surface area contributed by atoms with Gasteiger partial charge in [0.1, 0.15) is 0 Å². The van der Waals surface area contributed by atoms with Crippen molar-refractivity contribution in [3.05, 3.63) is 48.1 Å². The van der Waals surface area contributed by atoms with Gasteiger partial charge in [0.05, 0.1) is 5.54 Å². The lowest BCUT2D eigenvalue weighted by molar-refractivity contribution is 0.515. The van der Waals surface area contributed by atoms with E-state index in [-0.39, 0.29) is 5.54 Å². The molecule has 2 rings (SSSR count). The molecule has 12 heavy (non-hydrogen) atoms. The molecule has 1 unspecified atom stereocenters. The second-order valence-electron chi connectivity index (χ2n) is 3.19. The minimum absolute atomic E-state index is 0.0729. The third-order valence-corrected chi connectivity index (χ3v) is 2.58. The fourth-order valence-corrected chi connectivity index (χ4v) is 1.77. The van der Waals surface area contributed by atoms with Gasteiger partial charge in [-0.25, -0.2) is 0 Å². The second-order valence-corrected chi connectivity index (χ2v) is 3.19. The molecule has 0 amide bonds. The average Bonchev–Trinajstić information content (AvgIpc) is 2.18. The Hall–Kier alpha value is -1.08. The van der Waals surface area contributed by atoms with Crippen molar-refractivity contribution in [3.8, 4) is 0 Å². The SMILES string of the molecule is CNC12C=CC=CC1=CC=CC2. The van der Waals surface area contributed by atoms with Gasteiger partial charge in [0.2, 0.25) is 0 Å². The molecule has 0 radical (unpaired) electrons. The van der Waals surface area contributed by atoms with Crippen LogP contribution in [-0.2, 0) is 0 Å². The fraction of sp³-hybridized carbons (Fsp3) is 0.273. The lowest BCUT2D eigenvalue weighted by atomic mass is 9.80. The summed E-state index contributed by atoms with van der Waals surface area (Å²) in [5, 5.41) is 3.36. The van der Waals surface area contributed by atoms with Crippen molar-refractivity contribution in [1.82, 2.24) is 5.32 Å². The molecular formula is C11H13N. The minimum Gasteiger partial charge on any atom is -0.307 e. The lowest BCUT2D eigenvalue weighted by Crippen LogP contribution is -2.43. The molecule has 0 fully saturated rings. The highest BCUT2D eigenvalue weighted by Crippen LogP contribution is 2.30. The Kier molecular flexibility index (Phi) is 1.74. The van der Waals surface area contributed by atoms with Crippen LogP contribution in [0.15, 0.2) is 48.1 Å². The third-order valence-electron chi connectivity index (χ3n) is 2.58. The Labute approximate surface area is 73.2 Å². The highest BCUT2D eigenvalue weighted by molar-refractivity contribution is 5.47. The van der Waals surface area contributed by atoms with Crippen molar-refractivity contribution in [3.63, 3.8) is 0 Å². The number of allylic oxidation sites excluding steroid dienone is 4. The molecular weight excluding hydrogens is 146 g/mol. The Morgan fingerprint density at radius 2 is 2.25 bits per heavy atom. The van der Waals surface area contributed by atoms with Crippen molar-refractivity contribution >= 4 is 0 Å². The van der Waals surface area contributed by atoms with Gasteiger partial charge in [-0.2, -0.15) is 0 Å². The predicted octanol–water partition coefficient (Wildman–Crippen LogP) is 1.96. The van der Waals surface area contributed by atoms with Gasteiger partial charge in [-0.1, -0.05) is 42.5 Å². The molecule has 0 aromatic heterocycles. The zero-order chi connectivity index (χ0) is 8.44. The summed E-state index contributed by atoms with van der Waals surface area (Å²) in [6, 6.07) is 0. The van der Waals surface area contributed by atoms with Crippen molar-refractivity contribution in [2.75, 3.05) is 7.05 Å². The van der Waals surface area contributed by atoms with E-state index in [0.717, 1.165) is 6.42 Å². The van der Waals surface area contributed by atoms with E-state index in [4.69, 9.17) is 0 Å². The van der Waals surface area contributed by atoms with E-state index in [1.165, 1.54) is 5.57 Å². The first-order valence-electron chi connectivity index (χ1n) is 4.29. The molecule has 0 aromatic rings. The van der Waals surface area contributed by atoms with E-state index in [1.807, 2.05) is 7.05 Å². The van der Waals surface area contributed by atoms with Crippen LogP contribution in [0.4, 0.5) is 0 Å². The van der Waals surface area contributed by atoms with Gasteiger partial charge < -0.3 is 5.32 Å². The predicted molar refractivity (Wildman–Crippen MR) is 51.9 cm³/mol. The van der Waals surface area contributed by atoms with Crippen LogP contribution in [0.1, 0.15) is 6.42 Å². The topological polar surface area (TPSA) is 12.0 Å². The van der Waals surface area contributed by atoms with E-state index in [9.17, 15) is 0 Å². The van der Waals surface area contributed by atoms with Gasteiger partial charge in [0, 0.05) is 0 Å². The smallest absolute Gasteiger partial charge is 0.0656 e. The first-order valence-corrected chi connectivity index (χ1v) is 4.29. The summed E-state index contributed by atoms with van der Waals surface area (Å²) in [5.41, 5.74) is 1.43. The minimum atomic E-state index is 0.0729. The number of nitrogens with one attached hydrogen (secondary N) is 1. The summed E-state index contributed by atoms with van der Waals surface area (Å²) in [6.07, 6.45) is 16.1. The molecule has 0 heterocycles. The Morgan fingerprint density at radius 3 is 3.00 bits per heavy atom. The van der Waals surface area contributed by atoms with Gasteiger partial charge in [-0.3, -0.25) is 0 Å². The molecule has 2 aliphatic rings. The van der Waals surface area contributed by atoms with Crippen molar-refractivity contribution in [2.24, 2.45) is 0 Å². The first kappa shape index (κ1) is 7.56. The lowest BCUT2D eigenvalue weighted by Gasteiger charge is -2.34. The number of likely N-dealkylation sites (N-methyl/N-ethyl adjacent to an activating group) is 1. The quantitative estimate of drug-likeness (QED) is 0.616. The Bertz CT molecular complexity index is 294. The summed E-state index contributed by atoms with van der Waals surface area (Å²) >= 11 is 0. The van der Waals surface area contributed by atoms with E-state index in [0.29, 0.717) is 0 Å². The molecule has 0 aromatic carbocycles. The summed E-state index contributed by atoms with van der Waals surface area (Å²) in [6.45, 7) is 0. The van der Waals surface area contributed by atoms with Crippen LogP contribution in [0.5, 0.6) is 0 Å². The molecule has 0 spiro atoms. The maximum absolute atomic E-state index is 3.36. The van der Waals surface area contributed by atoms with E-state index < -0.39 is 0 Å². The average molecular weight is 159 g/mol. The van der Waals surface area contributed by atoms with Gasteiger partial charge in [0.25, 0.3) is 0 Å². The normalized spacial score (nSPS) is 31.6. The van der Waals surface area contributed by atoms with Crippen LogP contribution in [0.25, 0.3) is 0 Å².